The molecular formula is C11H15Cl2NO2. The molecule has 0 aliphatic carbocycles. The molecule has 0 aromatic heterocycles. The van der Waals surface area contributed by atoms with Gasteiger partial charge in [-0.25, -0.2) is 0 Å². The molecule has 1 unspecified atom stereocenters. The molecule has 0 radical (unpaired) electrons. The quantitative estimate of drug-likeness (QED) is 0.774. The molecule has 5 heteroatoms. The van der Waals surface area contributed by atoms with Crippen molar-refractivity contribution in [2.24, 2.45) is 0 Å². The fourth-order valence-corrected chi connectivity index (χ4v) is 1.82. The molecule has 0 heterocycles. The van der Waals surface area contributed by atoms with Gasteiger partial charge in [-0.2, -0.15) is 0 Å². The summed E-state index contributed by atoms with van der Waals surface area (Å²) in [5.74, 6) is 0. The van der Waals surface area contributed by atoms with Crippen molar-refractivity contribution in [2.75, 3.05) is 26.9 Å². The Labute approximate surface area is 105 Å². The van der Waals surface area contributed by atoms with E-state index in [1.807, 2.05) is 0 Å². The second kappa shape index (κ2) is 7.09. The van der Waals surface area contributed by atoms with Crippen LogP contribution >= 0.6 is 23.2 Å². The predicted octanol–water partition coefficient (Wildman–Crippen LogP) is 2.26. The van der Waals surface area contributed by atoms with Crippen molar-refractivity contribution < 1.29 is 9.84 Å². The van der Waals surface area contributed by atoms with Gasteiger partial charge in [-0.3, -0.25) is 0 Å². The van der Waals surface area contributed by atoms with Crippen LogP contribution in [-0.4, -0.2) is 32.0 Å². The lowest BCUT2D eigenvalue weighted by Crippen LogP contribution is -2.27. The smallest absolute Gasteiger partial charge is 0.0627 e. The highest BCUT2D eigenvalue weighted by molar-refractivity contribution is 6.33. The highest BCUT2D eigenvalue weighted by Crippen LogP contribution is 2.26. The van der Waals surface area contributed by atoms with Crippen LogP contribution in [0.3, 0.4) is 0 Å². The monoisotopic (exact) mass is 263 g/mol. The molecule has 16 heavy (non-hydrogen) atoms. The van der Waals surface area contributed by atoms with Gasteiger partial charge >= 0.3 is 0 Å². The number of hydrogen-bond donors (Lipinski definition) is 2. The zero-order chi connectivity index (χ0) is 12.0. The molecule has 0 aliphatic rings. The van der Waals surface area contributed by atoms with Crippen LogP contribution in [0.4, 0.5) is 0 Å². The number of nitrogens with one attached hydrogen (secondary N) is 1. The summed E-state index contributed by atoms with van der Waals surface area (Å²) < 4.78 is 4.92. The maximum atomic E-state index is 9.29. The minimum atomic E-state index is -0.221. The fourth-order valence-electron chi connectivity index (χ4n) is 1.39. The topological polar surface area (TPSA) is 41.5 Å². The second-order valence-corrected chi connectivity index (χ2v) is 4.19. The third kappa shape index (κ3) is 3.92. The van der Waals surface area contributed by atoms with Gasteiger partial charge in [-0.1, -0.05) is 23.2 Å². The van der Waals surface area contributed by atoms with E-state index >= 15 is 0 Å². The van der Waals surface area contributed by atoms with Gasteiger partial charge in [0.1, 0.15) is 0 Å². The summed E-state index contributed by atoms with van der Waals surface area (Å²) >= 11 is 11.9. The molecule has 3 nitrogen and oxygen atoms in total. The minimum Gasteiger partial charge on any atom is -0.394 e. The van der Waals surface area contributed by atoms with Crippen molar-refractivity contribution in [1.29, 1.82) is 0 Å². The Hall–Kier alpha value is -0.320. The van der Waals surface area contributed by atoms with Crippen LogP contribution in [0.25, 0.3) is 0 Å². The SMILES string of the molecule is COCCNC(CO)c1cc(Cl)ccc1Cl. The number of ether oxygens (including phenoxy) is 1. The number of halogens is 2. The van der Waals surface area contributed by atoms with Crippen LogP contribution in [0.5, 0.6) is 0 Å². The van der Waals surface area contributed by atoms with Crippen molar-refractivity contribution in [3.63, 3.8) is 0 Å². The highest BCUT2D eigenvalue weighted by Gasteiger charge is 2.13. The molecule has 0 bridgehead atoms. The third-order valence-corrected chi connectivity index (χ3v) is 2.79. The van der Waals surface area contributed by atoms with E-state index in [2.05, 4.69) is 5.32 Å². The summed E-state index contributed by atoms with van der Waals surface area (Å²) in [6.07, 6.45) is 0. The molecule has 0 fully saturated rings. The molecule has 0 saturated heterocycles. The van der Waals surface area contributed by atoms with E-state index in [1.54, 1.807) is 25.3 Å². The Morgan fingerprint density at radius 2 is 2.19 bits per heavy atom. The van der Waals surface area contributed by atoms with Crippen LogP contribution in [0.1, 0.15) is 11.6 Å². The zero-order valence-electron chi connectivity index (χ0n) is 9.04. The van der Waals surface area contributed by atoms with Gasteiger partial charge in [-0.15, -0.1) is 0 Å². The first-order chi connectivity index (χ1) is 7.69. The average Bonchev–Trinajstić information content (AvgIpc) is 2.28. The van der Waals surface area contributed by atoms with E-state index in [0.717, 1.165) is 5.56 Å². The van der Waals surface area contributed by atoms with Crippen molar-refractivity contribution in [1.82, 2.24) is 5.32 Å². The van der Waals surface area contributed by atoms with Crippen molar-refractivity contribution in [2.45, 2.75) is 6.04 Å². The third-order valence-electron chi connectivity index (χ3n) is 2.21. The maximum Gasteiger partial charge on any atom is 0.0627 e. The molecule has 1 aromatic carbocycles. The lowest BCUT2D eigenvalue weighted by Gasteiger charge is -2.18. The number of aliphatic hydroxyl groups excluding tert-OH is 1. The van der Waals surface area contributed by atoms with Crippen LogP contribution < -0.4 is 5.32 Å². The number of aliphatic hydroxyl groups is 1. The first kappa shape index (κ1) is 13.7. The molecule has 90 valence electrons. The zero-order valence-corrected chi connectivity index (χ0v) is 10.6. The Kier molecular flexibility index (Phi) is 6.09. The number of rotatable bonds is 6. The summed E-state index contributed by atoms with van der Waals surface area (Å²) in [5.41, 5.74) is 0.799. The van der Waals surface area contributed by atoms with E-state index in [0.29, 0.717) is 23.2 Å². The number of benzene rings is 1. The second-order valence-electron chi connectivity index (χ2n) is 3.35. The molecule has 2 N–H and O–H groups in total. The van der Waals surface area contributed by atoms with Crippen molar-refractivity contribution >= 4 is 23.2 Å². The van der Waals surface area contributed by atoms with Gasteiger partial charge in [0.2, 0.25) is 0 Å². The van der Waals surface area contributed by atoms with E-state index < -0.39 is 0 Å². The van der Waals surface area contributed by atoms with Crippen LogP contribution in [-0.2, 0) is 4.74 Å². The summed E-state index contributed by atoms with van der Waals surface area (Å²) in [5, 5.41) is 13.6. The van der Waals surface area contributed by atoms with Gasteiger partial charge < -0.3 is 15.2 Å². The van der Waals surface area contributed by atoms with E-state index in [9.17, 15) is 5.11 Å². The Morgan fingerprint density at radius 1 is 1.44 bits per heavy atom. The number of methoxy groups -OCH3 is 1. The number of hydrogen-bond acceptors (Lipinski definition) is 3. The van der Waals surface area contributed by atoms with E-state index in [1.165, 1.54) is 0 Å². The van der Waals surface area contributed by atoms with Gasteiger partial charge in [0, 0.05) is 23.7 Å². The summed E-state index contributed by atoms with van der Waals surface area (Å²) in [6, 6.07) is 4.97. The minimum absolute atomic E-state index is 0.0379. The van der Waals surface area contributed by atoms with Gasteiger partial charge in [0.15, 0.2) is 0 Å². The summed E-state index contributed by atoms with van der Waals surface area (Å²) in [7, 11) is 1.63. The lowest BCUT2D eigenvalue weighted by atomic mass is 10.1. The van der Waals surface area contributed by atoms with E-state index in [4.69, 9.17) is 27.9 Å². The molecule has 0 spiro atoms. The summed E-state index contributed by atoms with van der Waals surface area (Å²) in [4.78, 5) is 0. The molecular weight excluding hydrogens is 249 g/mol. The van der Waals surface area contributed by atoms with Gasteiger partial charge in [0.25, 0.3) is 0 Å². The molecule has 0 amide bonds. The largest absolute Gasteiger partial charge is 0.394 e. The highest BCUT2D eigenvalue weighted by atomic mass is 35.5. The molecule has 0 aliphatic heterocycles. The van der Waals surface area contributed by atoms with Gasteiger partial charge in [0.05, 0.1) is 19.3 Å². The summed E-state index contributed by atoms with van der Waals surface area (Å²) in [6.45, 7) is 1.18. The normalized spacial score (nSPS) is 12.8. The van der Waals surface area contributed by atoms with Gasteiger partial charge in [-0.05, 0) is 23.8 Å². The van der Waals surface area contributed by atoms with Crippen LogP contribution in [0.15, 0.2) is 18.2 Å². The lowest BCUT2D eigenvalue weighted by molar-refractivity contribution is 0.184. The molecule has 1 atom stereocenters. The van der Waals surface area contributed by atoms with Crippen molar-refractivity contribution in [3.05, 3.63) is 33.8 Å². The fraction of sp³-hybridized carbons (Fsp3) is 0.455. The first-order valence-corrected chi connectivity index (χ1v) is 5.72. The van der Waals surface area contributed by atoms with E-state index in [-0.39, 0.29) is 12.6 Å². The van der Waals surface area contributed by atoms with Crippen LogP contribution in [0, 0.1) is 0 Å². The predicted molar refractivity (Wildman–Crippen MR) is 66.2 cm³/mol. The Morgan fingerprint density at radius 3 is 2.81 bits per heavy atom. The molecule has 1 rings (SSSR count). The maximum absolute atomic E-state index is 9.29. The standard InChI is InChI=1S/C11H15Cl2NO2/c1-16-5-4-14-11(7-15)9-6-8(12)2-3-10(9)13/h2-3,6,11,14-15H,4-5,7H2,1H3. The van der Waals surface area contributed by atoms with Crippen LogP contribution in [0.2, 0.25) is 10.0 Å². The molecule has 1 aromatic rings. The van der Waals surface area contributed by atoms with Crippen molar-refractivity contribution in [3.8, 4) is 0 Å². The Bertz CT molecular complexity index is 334. The first-order valence-electron chi connectivity index (χ1n) is 4.97. The molecule has 0 saturated carbocycles. The Balaban J connectivity index is 2.73. The average molecular weight is 264 g/mol.